The maximum Gasteiger partial charge on any atom is 0.230 e. The Balaban J connectivity index is 1.72. The van der Waals surface area contributed by atoms with Gasteiger partial charge in [-0.3, -0.25) is 4.79 Å². The highest BCUT2D eigenvalue weighted by atomic mass is 16.5. The maximum atomic E-state index is 11.3. The SMILES string of the molecule is CC(=O)Nc1cc(C)c(-c2nc(N3CCOCC3)nc(N3CCOCC3)n2)cn1. The van der Waals surface area contributed by atoms with Crippen molar-refractivity contribution in [2.24, 2.45) is 0 Å². The number of amides is 1. The first-order chi connectivity index (χ1) is 14.1. The Labute approximate surface area is 169 Å². The molecule has 154 valence electrons. The Morgan fingerprint density at radius 2 is 1.52 bits per heavy atom. The number of hydrogen-bond donors (Lipinski definition) is 1. The van der Waals surface area contributed by atoms with Crippen molar-refractivity contribution in [1.29, 1.82) is 0 Å². The quantitative estimate of drug-likeness (QED) is 0.802. The molecule has 10 nitrogen and oxygen atoms in total. The molecule has 1 N–H and O–H groups in total. The van der Waals surface area contributed by atoms with Crippen molar-refractivity contribution in [3.8, 4) is 11.4 Å². The Morgan fingerprint density at radius 3 is 2.00 bits per heavy atom. The van der Waals surface area contributed by atoms with E-state index in [-0.39, 0.29) is 5.91 Å². The van der Waals surface area contributed by atoms with Crippen LogP contribution in [0.4, 0.5) is 17.7 Å². The summed E-state index contributed by atoms with van der Waals surface area (Å²) in [7, 11) is 0. The number of morpholine rings is 2. The second-order valence-corrected chi connectivity index (χ2v) is 7.02. The van der Waals surface area contributed by atoms with Gasteiger partial charge in [0.25, 0.3) is 0 Å². The molecule has 10 heteroatoms. The third-order valence-corrected chi connectivity index (χ3v) is 4.86. The van der Waals surface area contributed by atoms with E-state index in [4.69, 9.17) is 24.4 Å². The lowest BCUT2D eigenvalue weighted by Gasteiger charge is -2.30. The molecule has 1 amide bonds. The molecule has 2 saturated heterocycles. The molecular formula is C19H25N7O3. The van der Waals surface area contributed by atoms with Crippen LogP contribution in [0.5, 0.6) is 0 Å². The number of nitrogens with one attached hydrogen (secondary N) is 1. The lowest BCUT2D eigenvalue weighted by molar-refractivity contribution is -0.114. The van der Waals surface area contributed by atoms with E-state index < -0.39 is 0 Å². The van der Waals surface area contributed by atoms with Crippen molar-refractivity contribution in [2.75, 3.05) is 67.7 Å². The number of carbonyl (C=O) groups excluding carboxylic acids is 1. The van der Waals surface area contributed by atoms with Crippen LogP contribution in [-0.2, 0) is 14.3 Å². The zero-order valence-electron chi connectivity index (χ0n) is 16.7. The van der Waals surface area contributed by atoms with Crippen LogP contribution in [0.1, 0.15) is 12.5 Å². The average molecular weight is 399 g/mol. The molecule has 4 heterocycles. The number of aromatic nitrogens is 4. The molecule has 0 bridgehead atoms. The largest absolute Gasteiger partial charge is 0.378 e. The van der Waals surface area contributed by atoms with E-state index in [1.165, 1.54) is 6.92 Å². The van der Waals surface area contributed by atoms with Crippen LogP contribution in [0.3, 0.4) is 0 Å². The van der Waals surface area contributed by atoms with Gasteiger partial charge in [0.2, 0.25) is 17.8 Å². The molecule has 0 atom stereocenters. The van der Waals surface area contributed by atoms with E-state index in [0.717, 1.165) is 37.3 Å². The number of nitrogens with zero attached hydrogens (tertiary/aromatic N) is 6. The number of ether oxygens (including phenoxy) is 2. The molecule has 0 radical (unpaired) electrons. The summed E-state index contributed by atoms with van der Waals surface area (Å²) in [6, 6.07) is 1.82. The van der Waals surface area contributed by atoms with Gasteiger partial charge in [-0.15, -0.1) is 0 Å². The zero-order valence-corrected chi connectivity index (χ0v) is 16.7. The molecule has 2 fully saturated rings. The minimum atomic E-state index is -0.158. The number of anilines is 3. The van der Waals surface area contributed by atoms with Gasteiger partial charge in [0.05, 0.1) is 26.4 Å². The van der Waals surface area contributed by atoms with E-state index >= 15 is 0 Å². The number of pyridine rings is 1. The Kier molecular flexibility index (Phi) is 5.81. The normalized spacial score (nSPS) is 17.3. The van der Waals surface area contributed by atoms with Crippen LogP contribution in [0.25, 0.3) is 11.4 Å². The molecule has 29 heavy (non-hydrogen) atoms. The first-order valence-corrected chi connectivity index (χ1v) is 9.76. The number of carbonyl (C=O) groups is 1. The first-order valence-electron chi connectivity index (χ1n) is 9.76. The van der Waals surface area contributed by atoms with E-state index in [1.807, 2.05) is 13.0 Å². The van der Waals surface area contributed by atoms with Gasteiger partial charge in [-0.1, -0.05) is 0 Å². The molecule has 0 unspecified atom stereocenters. The summed E-state index contributed by atoms with van der Waals surface area (Å²) in [6.07, 6.45) is 1.70. The average Bonchev–Trinajstić information content (AvgIpc) is 2.74. The lowest BCUT2D eigenvalue weighted by atomic mass is 10.1. The summed E-state index contributed by atoms with van der Waals surface area (Å²) < 4.78 is 10.9. The summed E-state index contributed by atoms with van der Waals surface area (Å²) in [5.41, 5.74) is 1.74. The second-order valence-electron chi connectivity index (χ2n) is 7.02. The van der Waals surface area contributed by atoms with Gasteiger partial charge in [0.15, 0.2) is 5.82 Å². The monoisotopic (exact) mass is 399 g/mol. The van der Waals surface area contributed by atoms with Crippen LogP contribution in [0.15, 0.2) is 12.3 Å². The summed E-state index contributed by atoms with van der Waals surface area (Å²) in [5, 5.41) is 2.70. The van der Waals surface area contributed by atoms with Gasteiger partial charge < -0.3 is 24.6 Å². The minimum absolute atomic E-state index is 0.158. The minimum Gasteiger partial charge on any atom is -0.378 e. The van der Waals surface area contributed by atoms with Gasteiger partial charge in [-0.25, -0.2) is 4.98 Å². The molecule has 4 rings (SSSR count). The van der Waals surface area contributed by atoms with Gasteiger partial charge in [0, 0.05) is 44.9 Å². The molecule has 2 aromatic heterocycles. The predicted molar refractivity (Wildman–Crippen MR) is 108 cm³/mol. The van der Waals surface area contributed by atoms with E-state index in [2.05, 4.69) is 20.1 Å². The van der Waals surface area contributed by atoms with Gasteiger partial charge in [-0.05, 0) is 18.6 Å². The molecular weight excluding hydrogens is 374 g/mol. The van der Waals surface area contributed by atoms with Crippen molar-refractivity contribution in [3.05, 3.63) is 17.8 Å². The highest BCUT2D eigenvalue weighted by molar-refractivity contribution is 5.87. The Bertz CT molecular complexity index is 844. The predicted octanol–water partition coefficient (Wildman–Crippen LogP) is 0.874. The van der Waals surface area contributed by atoms with Crippen molar-refractivity contribution < 1.29 is 14.3 Å². The third kappa shape index (κ3) is 4.60. The molecule has 0 aliphatic carbocycles. The number of rotatable bonds is 4. The topological polar surface area (TPSA) is 106 Å². The highest BCUT2D eigenvalue weighted by Gasteiger charge is 2.22. The van der Waals surface area contributed by atoms with E-state index in [1.54, 1.807) is 6.20 Å². The van der Waals surface area contributed by atoms with Gasteiger partial charge >= 0.3 is 0 Å². The molecule has 0 spiro atoms. The van der Waals surface area contributed by atoms with E-state index in [0.29, 0.717) is 50.0 Å². The molecule has 2 aromatic rings. The van der Waals surface area contributed by atoms with E-state index in [9.17, 15) is 4.79 Å². The molecule has 2 aliphatic rings. The van der Waals surface area contributed by atoms with Crippen molar-refractivity contribution in [1.82, 2.24) is 19.9 Å². The molecule has 2 aliphatic heterocycles. The lowest BCUT2D eigenvalue weighted by Crippen LogP contribution is -2.40. The van der Waals surface area contributed by atoms with Crippen molar-refractivity contribution in [2.45, 2.75) is 13.8 Å². The first kappa shape index (κ1) is 19.5. The highest BCUT2D eigenvalue weighted by Crippen LogP contribution is 2.25. The van der Waals surface area contributed by atoms with Crippen LogP contribution < -0.4 is 15.1 Å². The second kappa shape index (κ2) is 8.66. The van der Waals surface area contributed by atoms with Crippen LogP contribution in [0, 0.1) is 6.92 Å². The smallest absolute Gasteiger partial charge is 0.230 e. The molecule has 0 saturated carbocycles. The van der Waals surface area contributed by atoms with Gasteiger partial charge in [-0.2, -0.15) is 15.0 Å². The fraction of sp³-hybridized carbons (Fsp3) is 0.526. The fourth-order valence-corrected chi connectivity index (χ4v) is 3.32. The third-order valence-electron chi connectivity index (χ3n) is 4.86. The fourth-order valence-electron chi connectivity index (χ4n) is 3.32. The Hall–Kier alpha value is -2.85. The maximum absolute atomic E-state index is 11.3. The van der Waals surface area contributed by atoms with Crippen molar-refractivity contribution in [3.63, 3.8) is 0 Å². The van der Waals surface area contributed by atoms with Crippen LogP contribution in [0.2, 0.25) is 0 Å². The molecule has 0 aromatic carbocycles. The standard InChI is InChI=1S/C19H25N7O3/c1-13-11-16(21-14(2)27)20-12-15(13)17-22-18(25-3-7-28-8-4-25)24-19(23-17)26-5-9-29-10-6-26/h11-12H,3-10H2,1-2H3,(H,20,21,27). The van der Waals surface area contributed by atoms with Crippen LogP contribution in [-0.4, -0.2) is 78.4 Å². The summed E-state index contributed by atoms with van der Waals surface area (Å²) >= 11 is 0. The summed E-state index contributed by atoms with van der Waals surface area (Å²) in [4.78, 5) is 34.1. The zero-order chi connectivity index (χ0) is 20.2. The summed E-state index contributed by atoms with van der Waals surface area (Å²) in [5.74, 6) is 2.21. The summed E-state index contributed by atoms with van der Waals surface area (Å²) in [6.45, 7) is 8.99. The number of aryl methyl sites for hydroxylation is 1. The van der Waals surface area contributed by atoms with Crippen molar-refractivity contribution >= 4 is 23.6 Å². The Morgan fingerprint density at radius 1 is 0.966 bits per heavy atom. The van der Waals surface area contributed by atoms with Crippen LogP contribution >= 0.6 is 0 Å². The van der Waals surface area contributed by atoms with Gasteiger partial charge in [0.1, 0.15) is 5.82 Å². The number of hydrogen-bond acceptors (Lipinski definition) is 9.